The van der Waals surface area contributed by atoms with Gasteiger partial charge in [0, 0.05) is 43.3 Å². The number of sulfonamides is 1. The molecular formula is C22H28ClN3O3S. The Hall–Kier alpha value is -1.93. The van der Waals surface area contributed by atoms with Gasteiger partial charge in [-0.15, -0.1) is 0 Å². The summed E-state index contributed by atoms with van der Waals surface area (Å²) in [7, 11) is -1.65. The zero-order chi connectivity index (χ0) is 21.7. The fourth-order valence-electron chi connectivity index (χ4n) is 3.47. The van der Waals surface area contributed by atoms with Gasteiger partial charge in [0.25, 0.3) is 5.91 Å². The maximum atomic E-state index is 13.1. The summed E-state index contributed by atoms with van der Waals surface area (Å²) in [5.41, 5.74) is 2.04. The van der Waals surface area contributed by atoms with Gasteiger partial charge < -0.3 is 10.2 Å². The van der Waals surface area contributed by atoms with E-state index in [4.69, 9.17) is 11.6 Å². The number of aryl methyl sites for hydroxylation is 2. The molecule has 1 N–H and O–H groups in total. The largest absolute Gasteiger partial charge is 0.352 e. The van der Waals surface area contributed by atoms with Crippen LogP contribution in [0.4, 0.5) is 0 Å². The zero-order valence-electron chi connectivity index (χ0n) is 17.4. The Balaban J connectivity index is 1.64. The highest BCUT2D eigenvalue weighted by Crippen LogP contribution is 2.22. The topological polar surface area (TPSA) is 69.7 Å². The highest BCUT2D eigenvalue weighted by atomic mass is 35.5. The number of nitrogens with zero attached hydrogens (tertiary/aromatic N) is 2. The van der Waals surface area contributed by atoms with E-state index in [1.807, 2.05) is 31.3 Å². The smallest absolute Gasteiger partial charge is 0.251 e. The van der Waals surface area contributed by atoms with Crippen LogP contribution in [0.5, 0.6) is 0 Å². The monoisotopic (exact) mass is 449 g/mol. The Kier molecular flexibility index (Phi) is 7.52. The summed E-state index contributed by atoms with van der Waals surface area (Å²) in [6, 6.07) is 12.5. The number of hydrogen-bond donors (Lipinski definition) is 1. The van der Waals surface area contributed by atoms with Crippen LogP contribution in [0.1, 0.15) is 27.9 Å². The van der Waals surface area contributed by atoms with Crippen LogP contribution in [0.25, 0.3) is 0 Å². The molecule has 0 unspecified atom stereocenters. The number of likely N-dealkylation sites (N-methyl/N-ethyl adjacent to an activating group) is 1. The van der Waals surface area contributed by atoms with Crippen LogP contribution >= 0.6 is 11.6 Å². The second kappa shape index (κ2) is 9.92. The Morgan fingerprint density at radius 3 is 2.50 bits per heavy atom. The first-order valence-electron chi connectivity index (χ1n) is 10.1. The lowest BCUT2D eigenvalue weighted by Gasteiger charge is -2.32. The van der Waals surface area contributed by atoms with Crippen molar-refractivity contribution in [2.75, 3.05) is 39.8 Å². The van der Waals surface area contributed by atoms with Gasteiger partial charge in [-0.25, -0.2) is 8.42 Å². The van der Waals surface area contributed by atoms with E-state index in [0.717, 1.165) is 23.4 Å². The van der Waals surface area contributed by atoms with E-state index < -0.39 is 10.0 Å². The van der Waals surface area contributed by atoms with Crippen molar-refractivity contribution >= 4 is 27.5 Å². The number of rotatable bonds is 7. The lowest BCUT2D eigenvalue weighted by atomic mass is 10.1. The number of nitrogens with one attached hydrogen (secondary N) is 1. The molecule has 162 valence electrons. The second-order valence-corrected chi connectivity index (χ2v) is 9.95. The fraction of sp³-hybridized carbons (Fsp3) is 0.409. The van der Waals surface area contributed by atoms with Gasteiger partial charge in [-0.3, -0.25) is 4.79 Å². The van der Waals surface area contributed by atoms with Crippen LogP contribution in [0.3, 0.4) is 0 Å². The van der Waals surface area contributed by atoms with Crippen molar-refractivity contribution in [1.82, 2.24) is 14.5 Å². The van der Waals surface area contributed by atoms with Crippen LogP contribution in [0, 0.1) is 6.92 Å². The molecule has 1 amide bonds. The van der Waals surface area contributed by atoms with E-state index >= 15 is 0 Å². The molecule has 0 bridgehead atoms. The molecule has 3 rings (SSSR count). The summed E-state index contributed by atoms with van der Waals surface area (Å²) in [5, 5.41) is 3.60. The van der Waals surface area contributed by atoms with E-state index in [1.165, 1.54) is 10.4 Å². The van der Waals surface area contributed by atoms with Crippen molar-refractivity contribution in [2.24, 2.45) is 0 Å². The molecule has 0 aliphatic carbocycles. The molecular weight excluding hydrogens is 422 g/mol. The maximum absolute atomic E-state index is 13.1. The summed E-state index contributed by atoms with van der Waals surface area (Å²) < 4.78 is 27.7. The minimum Gasteiger partial charge on any atom is -0.352 e. The summed E-state index contributed by atoms with van der Waals surface area (Å²) in [6.45, 7) is 4.55. The van der Waals surface area contributed by atoms with E-state index in [-0.39, 0.29) is 10.8 Å². The van der Waals surface area contributed by atoms with Crippen LogP contribution < -0.4 is 5.32 Å². The molecule has 0 radical (unpaired) electrons. The average molecular weight is 450 g/mol. The molecule has 1 aliphatic rings. The van der Waals surface area contributed by atoms with Crippen molar-refractivity contribution in [3.05, 3.63) is 64.2 Å². The minimum absolute atomic E-state index is 0.204. The number of hydrogen-bond acceptors (Lipinski definition) is 4. The molecule has 1 fully saturated rings. The van der Waals surface area contributed by atoms with Crippen LogP contribution in [0.15, 0.2) is 47.4 Å². The molecule has 2 aromatic carbocycles. The quantitative estimate of drug-likeness (QED) is 0.660. The Morgan fingerprint density at radius 2 is 1.80 bits per heavy atom. The number of piperazine rings is 1. The van der Waals surface area contributed by atoms with Crippen LogP contribution in [0.2, 0.25) is 5.02 Å². The summed E-state index contributed by atoms with van der Waals surface area (Å²) in [4.78, 5) is 14.9. The molecule has 0 atom stereocenters. The fourth-order valence-corrected chi connectivity index (χ4v) is 5.37. The Labute approximate surface area is 183 Å². The third-order valence-electron chi connectivity index (χ3n) is 5.40. The number of carbonyl (C=O) groups excluding carboxylic acids is 1. The lowest BCUT2D eigenvalue weighted by molar-refractivity contribution is 0.0953. The average Bonchev–Trinajstić information content (AvgIpc) is 2.72. The Morgan fingerprint density at radius 1 is 1.10 bits per heavy atom. The molecule has 30 heavy (non-hydrogen) atoms. The summed E-state index contributed by atoms with van der Waals surface area (Å²) in [5.74, 6) is -0.274. The van der Waals surface area contributed by atoms with Gasteiger partial charge >= 0.3 is 0 Å². The molecule has 1 heterocycles. The third-order valence-corrected chi connectivity index (χ3v) is 7.81. The van der Waals surface area contributed by atoms with Gasteiger partial charge in [0.05, 0.1) is 4.90 Å². The SMILES string of the molecule is Cc1ccc(C(=O)NCCCc2ccccc2Cl)cc1S(=O)(=O)N1CCN(C)CC1. The second-order valence-electron chi connectivity index (χ2n) is 7.64. The highest BCUT2D eigenvalue weighted by molar-refractivity contribution is 7.89. The molecule has 2 aromatic rings. The predicted octanol–water partition coefficient (Wildman–Crippen LogP) is 2.95. The van der Waals surface area contributed by atoms with E-state index in [9.17, 15) is 13.2 Å². The molecule has 0 saturated carbocycles. The van der Waals surface area contributed by atoms with Crippen molar-refractivity contribution in [2.45, 2.75) is 24.7 Å². The van der Waals surface area contributed by atoms with Crippen molar-refractivity contribution < 1.29 is 13.2 Å². The molecule has 1 aliphatic heterocycles. The van der Waals surface area contributed by atoms with Crippen molar-refractivity contribution in [3.8, 4) is 0 Å². The summed E-state index contributed by atoms with van der Waals surface area (Å²) >= 11 is 6.16. The van der Waals surface area contributed by atoms with Crippen LogP contribution in [-0.2, 0) is 16.4 Å². The minimum atomic E-state index is -3.63. The molecule has 0 spiro atoms. The molecule has 6 nitrogen and oxygen atoms in total. The third kappa shape index (κ3) is 5.40. The first-order valence-corrected chi connectivity index (χ1v) is 11.9. The van der Waals surface area contributed by atoms with E-state index in [0.29, 0.717) is 43.9 Å². The number of carbonyl (C=O) groups is 1. The molecule has 0 aromatic heterocycles. The van der Waals surface area contributed by atoms with Crippen molar-refractivity contribution in [3.63, 3.8) is 0 Å². The van der Waals surface area contributed by atoms with E-state index in [1.54, 1.807) is 19.1 Å². The number of halogens is 1. The molecule has 8 heteroatoms. The zero-order valence-corrected chi connectivity index (χ0v) is 19.0. The summed E-state index contributed by atoms with van der Waals surface area (Å²) in [6.07, 6.45) is 1.50. The van der Waals surface area contributed by atoms with Gasteiger partial charge in [0.2, 0.25) is 10.0 Å². The number of benzene rings is 2. The van der Waals surface area contributed by atoms with Crippen LogP contribution in [-0.4, -0.2) is 63.3 Å². The van der Waals surface area contributed by atoms with Gasteiger partial charge in [-0.05, 0) is 56.1 Å². The maximum Gasteiger partial charge on any atom is 0.251 e. The molecule has 1 saturated heterocycles. The standard InChI is InChI=1S/C22H28ClN3O3S/c1-17-9-10-19(16-21(17)30(28,29)26-14-12-25(2)13-15-26)22(27)24-11-5-7-18-6-3-4-8-20(18)23/h3-4,6,8-10,16H,5,7,11-15H2,1-2H3,(H,24,27). The number of amides is 1. The Bertz CT molecular complexity index is 1000. The van der Waals surface area contributed by atoms with E-state index in [2.05, 4.69) is 10.2 Å². The first kappa shape index (κ1) is 22.7. The van der Waals surface area contributed by atoms with Gasteiger partial charge in [-0.1, -0.05) is 35.9 Å². The first-order chi connectivity index (χ1) is 14.3. The lowest BCUT2D eigenvalue weighted by Crippen LogP contribution is -2.47. The van der Waals surface area contributed by atoms with Gasteiger partial charge in [0.1, 0.15) is 0 Å². The normalized spacial score (nSPS) is 15.8. The van der Waals surface area contributed by atoms with Crippen molar-refractivity contribution in [1.29, 1.82) is 0 Å². The van der Waals surface area contributed by atoms with Gasteiger partial charge in [0.15, 0.2) is 0 Å². The van der Waals surface area contributed by atoms with Gasteiger partial charge in [-0.2, -0.15) is 4.31 Å². The highest BCUT2D eigenvalue weighted by Gasteiger charge is 2.29. The predicted molar refractivity (Wildman–Crippen MR) is 120 cm³/mol.